The van der Waals surface area contributed by atoms with Gasteiger partial charge in [-0.2, -0.15) is 0 Å². The number of aliphatic hydroxyl groups is 1. The van der Waals surface area contributed by atoms with Crippen molar-refractivity contribution in [1.82, 2.24) is 10.2 Å². The molecule has 2 heterocycles. The Bertz CT molecular complexity index is 538. The first-order valence-electron chi connectivity index (χ1n) is 9.16. The molecule has 0 radical (unpaired) electrons. The zero-order valence-corrected chi connectivity index (χ0v) is 14.6. The molecule has 0 unspecified atom stereocenters. The normalized spacial score (nSPS) is 22.0. The van der Waals surface area contributed by atoms with Gasteiger partial charge in [-0.05, 0) is 49.3 Å². The van der Waals surface area contributed by atoms with Crippen LogP contribution in [0.2, 0.25) is 0 Å². The molecule has 2 aliphatic rings. The SMILES string of the molecule is CC1CCN(c2ccc(CNC(=O)N3CCC[C@H]3CO)cc2)CC1. The summed E-state index contributed by atoms with van der Waals surface area (Å²) < 4.78 is 0. The summed E-state index contributed by atoms with van der Waals surface area (Å²) in [5, 5.41) is 12.3. The van der Waals surface area contributed by atoms with Crippen LogP contribution in [0.1, 0.15) is 38.2 Å². The van der Waals surface area contributed by atoms with E-state index in [2.05, 4.69) is 41.4 Å². The van der Waals surface area contributed by atoms with E-state index < -0.39 is 0 Å². The second-order valence-corrected chi connectivity index (χ2v) is 7.17. The summed E-state index contributed by atoms with van der Waals surface area (Å²) in [7, 11) is 0. The average molecular weight is 331 g/mol. The van der Waals surface area contributed by atoms with Crippen molar-refractivity contribution in [2.45, 2.75) is 45.2 Å². The van der Waals surface area contributed by atoms with Gasteiger partial charge >= 0.3 is 6.03 Å². The number of carbonyl (C=O) groups is 1. The molecule has 2 N–H and O–H groups in total. The van der Waals surface area contributed by atoms with Crippen LogP contribution in [0, 0.1) is 5.92 Å². The lowest BCUT2D eigenvalue weighted by Crippen LogP contribution is -2.43. The number of likely N-dealkylation sites (tertiary alicyclic amines) is 1. The minimum Gasteiger partial charge on any atom is -0.394 e. The van der Waals surface area contributed by atoms with Gasteiger partial charge in [0, 0.05) is 31.9 Å². The molecule has 1 aromatic carbocycles. The maximum atomic E-state index is 12.2. The van der Waals surface area contributed by atoms with Gasteiger partial charge < -0.3 is 20.2 Å². The summed E-state index contributed by atoms with van der Waals surface area (Å²) in [6, 6.07) is 8.42. The molecule has 24 heavy (non-hydrogen) atoms. The van der Waals surface area contributed by atoms with Crippen molar-refractivity contribution in [3.05, 3.63) is 29.8 Å². The minimum atomic E-state index is -0.0688. The number of nitrogens with zero attached hydrogens (tertiary/aromatic N) is 2. The predicted octanol–water partition coefficient (Wildman–Crippen LogP) is 2.59. The van der Waals surface area contributed by atoms with Crippen LogP contribution < -0.4 is 10.2 Å². The molecule has 1 aromatic rings. The van der Waals surface area contributed by atoms with Crippen molar-refractivity contribution in [2.75, 3.05) is 31.1 Å². The van der Waals surface area contributed by atoms with Crippen LogP contribution in [0.25, 0.3) is 0 Å². The molecule has 1 atom stereocenters. The Kier molecular flexibility index (Phi) is 5.61. The molecular formula is C19H29N3O2. The zero-order valence-electron chi connectivity index (χ0n) is 14.6. The lowest BCUT2D eigenvalue weighted by Gasteiger charge is -2.32. The molecule has 2 fully saturated rings. The number of nitrogens with one attached hydrogen (secondary N) is 1. The molecule has 5 nitrogen and oxygen atoms in total. The highest BCUT2D eigenvalue weighted by atomic mass is 16.3. The number of carbonyl (C=O) groups excluding carboxylic acids is 1. The maximum absolute atomic E-state index is 12.2. The molecule has 0 saturated carbocycles. The van der Waals surface area contributed by atoms with Gasteiger partial charge in [0.25, 0.3) is 0 Å². The topological polar surface area (TPSA) is 55.8 Å². The van der Waals surface area contributed by atoms with E-state index in [0.29, 0.717) is 6.54 Å². The average Bonchev–Trinajstić information content (AvgIpc) is 3.10. The third kappa shape index (κ3) is 4.01. The number of urea groups is 1. The molecule has 5 heteroatoms. The predicted molar refractivity (Wildman–Crippen MR) is 96.1 cm³/mol. The zero-order chi connectivity index (χ0) is 16.9. The fraction of sp³-hybridized carbons (Fsp3) is 0.632. The van der Waals surface area contributed by atoms with Gasteiger partial charge in [0.2, 0.25) is 0 Å². The van der Waals surface area contributed by atoms with Gasteiger partial charge in [0.05, 0.1) is 12.6 Å². The first-order valence-corrected chi connectivity index (χ1v) is 9.16. The maximum Gasteiger partial charge on any atom is 0.317 e. The standard InChI is InChI=1S/C19H29N3O2/c1-15-8-11-21(12-9-15)17-6-4-16(5-7-17)13-20-19(24)22-10-2-3-18(22)14-23/h4-7,15,18,23H,2-3,8-14H2,1H3,(H,20,24)/t18-/m0/s1. The van der Waals surface area contributed by atoms with Crippen molar-refractivity contribution >= 4 is 11.7 Å². The number of amides is 2. The van der Waals surface area contributed by atoms with Crippen LogP contribution in [-0.4, -0.2) is 48.3 Å². The largest absolute Gasteiger partial charge is 0.394 e. The fourth-order valence-corrected chi connectivity index (χ4v) is 3.66. The highest BCUT2D eigenvalue weighted by molar-refractivity contribution is 5.74. The van der Waals surface area contributed by atoms with Crippen LogP contribution in [0.15, 0.2) is 24.3 Å². The third-order valence-corrected chi connectivity index (χ3v) is 5.38. The number of benzene rings is 1. The van der Waals surface area contributed by atoms with Gasteiger partial charge in [0.15, 0.2) is 0 Å². The quantitative estimate of drug-likeness (QED) is 0.892. The van der Waals surface area contributed by atoms with E-state index in [4.69, 9.17) is 0 Å². The molecule has 0 spiro atoms. The lowest BCUT2D eigenvalue weighted by atomic mass is 9.99. The Balaban J connectivity index is 1.50. The molecule has 132 valence electrons. The molecule has 0 aromatic heterocycles. The summed E-state index contributed by atoms with van der Waals surface area (Å²) in [4.78, 5) is 16.4. The van der Waals surface area contributed by atoms with Gasteiger partial charge in [-0.25, -0.2) is 4.79 Å². The monoisotopic (exact) mass is 331 g/mol. The van der Waals surface area contributed by atoms with E-state index in [1.54, 1.807) is 4.90 Å². The Morgan fingerprint density at radius 2 is 1.88 bits per heavy atom. The summed E-state index contributed by atoms with van der Waals surface area (Å²) >= 11 is 0. The lowest BCUT2D eigenvalue weighted by molar-refractivity contribution is 0.157. The van der Waals surface area contributed by atoms with Crippen LogP contribution in [0.5, 0.6) is 0 Å². The number of rotatable bonds is 4. The van der Waals surface area contributed by atoms with E-state index in [9.17, 15) is 9.90 Å². The molecule has 2 amide bonds. The first-order chi connectivity index (χ1) is 11.7. The molecule has 2 aliphatic heterocycles. The highest BCUT2D eigenvalue weighted by Gasteiger charge is 2.27. The van der Waals surface area contributed by atoms with Crippen molar-refractivity contribution in [2.24, 2.45) is 5.92 Å². The first kappa shape index (κ1) is 17.1. The summed E-state index contributed by atoms with van der Waals surface area (Å²) in [6.07, 6.45) is 4.40. The van der Waals surface area contributed by atoms with Gasteiger partial charge in [0.1, 0.15) is 0 Å². The molecular weight excluding hydrogens is 302 g/mol. The minimum absolute atomic E-state index is 0.0196. The van der Waals surface area contributed by atoms with E-state index in [-0.39, 0.29) is 18.7 Å². The Morgan fingerprint density at radius 1 is 1.17 bits per heavy atom. The smallest absolute Gasteiger partial charge is 0.317 e. The second-order valence-electron chi connectivity index (χ2n) is 7.17. The molecule has 0 bridgehead atoms. The van der Waals surface area contributed by atoms with Crippen molar-refractivity contribution < 1.29 is 9.90 Å². The van der Waals surface area contributed by atoms with Crippen molar-refractivity contribution in [3.63, 3.8) is 0 Å². The Morgan fingerprint density at radius 3 is 2.54 bits per heavy atom. The number of anilines is 1. The molecule has 2 saturated heterocycles. The van der Waals surface area contributed by atoms with E-state index >= 15 is 0 Å². The van der Waals surface area contributed by atoms with E-state index in [0.717, 1.165) is 44.0 Å². The van der Waals surface area contributed by atoms with Crippen molar-refractivity contribution in [1.29, 1.82) is 0 Å². The van der Waals surface area contributed by atoms with Gasteiger partial charge in [-0.3, -0.25) is 0 Å². The molecule has 3 rings (SSSR count). The number of hydrogen-bond acceptors (Lipinski definition) is 3. The number of aliphatic hydroxyl groups excluding tert-OH is 1. The van der Waals surface area contributed by atoms with Crippen molar-refractivity contribution in [3.8, 4) is 0 Å². The van der Waals surface area contributed by atoms with Crippen LogP contribution in [0.4, 0.5) is 10.5 Å². The van der Waals surface area contributed by atoms with E-state index in [1.165, 1.54) is 18.5 Å². The van der Waals surface area contributed by atoms with Crippen LogP contribution in [0.3, 0.4) is 0 Å². The Labute approximate surface area is 144 Å². The summed E-state index contributed by atoms with van der Waals surface area (Å²) in [5.74, 6) is 0.837. The second kappa shape index (κ2) is 7.88. The Hall–Kier alpha value is -1.75. The van der Waals surface area contributed by atoms with Crippen LogP contribution in [-0.2, 0) is 6.54 Å². The summed E-state index contributed by atoms with van der Waals surface area (Å²) in [5.41, 5.74) is 2.38. The fourth-order valence-electron chi connectivity index (χ4n) is 3.66. The number of piperidine rings is 1. The third-order valence-electron chi connectivity index (χ3n) is 5.38. The van der Waals surface area contributed by atoms with Gasteiger partial charge in [-0.15, -0.1) is 0 Å². The number of hydrogen-bond donors (Lipinski definition) is 2. The summed E-state index contributed by atoms with van der Waals surface area (Å²) in [6.45, 7) is 5.92. The van der Waals surface area contributed by atoms with E-state index in [1.807, 2.05) is 0 Å². The highest BCUT2D eigenvalue weighted by Crippen LogP contribution is 2.23. The van der Waals surface area contributed by atoms with Gasteiger partial charge in [-0.1, -0.05) is 19.1 Å². The van der Waals surface area contributed by atoms with Crippen LogP contribution >= 0.6 is 0 Å². The molecule has 0 aliphatic carbocycles.